The van der Waals surface area contributed by atoms with Gasteiger partial charge in [-0.3, -0.25) is 9.10 Å². The molecule has 1 atom stereocenters. The largest absolute Gasteiger partial charge is 0.346 e. The van der Waals surface area contributed by atoms with Crippen LogP contribution in [0, 0.1) is 0 Å². The van der Waals surface area contributed by atoms with Gasteiger partial charge in [0.1, 0.15) is 0 Å². The van der Waals surface area contributed by atoms with Crippen LogP contribution in [0.15, 0.2) is 67.3 Å². The van der Waals surface area contributed by atoms with Gasteiger partial charge in [-0.05, 0) is 36.8 Å². The van der Waals surface area contributed by atoms with Crippen LogP contribution in [0.5, 0.6) is 0 Å². The fraction of sp³-hybridized carbons (Fsp3) is 0.211. The Balaban J connectivity index is 2.13. The van der Waals surface area contributed by atoms with Gasteiger partial charge < -0.3 is 5.32 Å². The third kappa shape index (κ3) is 4.93. The van der Waals surface area contributed by atoms with E-state index in [2.05, 4.69) is 11.9 Å². The SMILES string of the molecule is C=CCN(c1ccc(C(=O)N[C@H](C)c2ccccc2)cc1)S(C)(=O)=O. The Morgan fingerprint density at radius 1 is 1.16 bits per heavy atom. The van der Waals surface area contributed by atoms with E-state index in [0.717, 1.165) is 11.8 Å². The fourth-order valence-electron chi connectivity index (χ4n) is 2.43. The molecule has 132 valence electrons. The monoisotopic (exact) mass is 358 g/mol. The summed E-state index contributed by atoms with van der Waals surface area (Å²) >= 11 is 0. The minimum Gasteiger partial charge on any atom is -0.346 e. The van der Waals surface area contributed by atoms with Gasteiger partial charge in [0.05, 0.1) is 24.5 Å². The van der Waals surface area contributed by atoms with E-state index in [1.54, 1.807) is 24.3 Å². The third-order valence-electron chi connectivity index (χ3n) is 3.76. The number of sulfonamides is 1. The smallest absolute Gasteiger partial charge is 0.251 e. The van der Waals surface area contributed by atoms with Crippen molar-refractivity contribution in [2.45, 2.75) is 13.0 Å². The quantitative estimate of drug-likeness (QED) is 0.773. The second-order valence-corrected chi connectivity index (χ2v) is 7.64. The van der Waals surface area contributed by atoms with Crippen LogP contribution >= 0.6 is 0 Å². The van der Waals surface area contributed by atoms with Gasteiger partial charge in [0, 0.05) is 5.56 Å². The van der Waals surface area contributed by atoms with E-state index in [1.165, 1.54) is 10.4 Å². The number of amides is 1. The first-order valence-corrected chi connectivity index (χ1v) is 9.72. The average Bonchev–Trinajstić information content (AvgIpc) is 2.59. The zero-order valence-electron chi connectivity index (χ0n) is 14.3. The third-order valence-corrected chi connectivity index (χ3v) is 4.92. The predicted molar refractivity (Wildman–Crippen MR) is 101 cm³/mol. The van der Waals surface area contributed by atoms with Gasteiger partial charge in [0.25, 0.3) is 5.91 Å². The highest BCUT2D eigenvalue weighted by Crippen LogP contribution is 2.19. The summed E-state index contributed by atoms with van der Waals surface area (Å²) in [5, 5.41) is 2.93. The van der Waals surface area contributed by atoms with Crippen molar-refractivity contribution in [1.29, 1.82) is 0 Å². The molecule has 0 aliphatic rings. The summed E-state index contributed by atoms with van der Waals surface area (Å²) in [4.78, 5) is 12.4. The summed E-state index contributed by atoms with van der Waals surface area (Å²) in [6.45, 7) is 5.67. The molecule has 0 aromatic heterocycles. The molecular formula is C19H22N2O3S. The van der Waals surface area contributed by atoms with Crippen molar-refractivity contribution in [2.75, 3.05) is 17.1 Å². The molecule has 0 heterocycles. The summed E-state index contributed by atoms with van der Waals surface area (Å²) in [5.41, 5.74) is 1.98. The van der Waals surface area contributed by atoms with Crippen LogP contribution in [0.1, 0.15) is 28.9 Å². The molecule has 0 spiro atoms. The van der Waals surface area contributed by atoms with Gasteiger partial charge in [-0.1, -0.05) is 36.4 Å². The van der Waals surface area contributed by atoms with Gasteiger partial charge in [-0.2, -0.15) is 0 Å². The number of rotatable bonds is 7. The average molecular weight is 358 g/mol. The molecule has 1 N–H and O–H groups in total. The van der Waals surface area contributed by atoms with Crippen LogP contribution in [0.3, 0.4) is 0 Å². The summed E-state index contributed by atoms with van der Waals surface area (Å²) < 4.78 is 24.9. The standard InChI is InChI=1S/C19H22N2O3S/c1-4-14-21(25(3,23)24)18-12-10-17(11-13-18)19(22)20-15(2)16-8-6-5-7-9-16/h4-13,15H,1,14H2,2-3H3,(H,20,22)/t15-/m1/s1. The Hall–Kier alpha value is -2.60. The Bertz CT molecular complexity index is 831. The molecule has 0 saturated heterocycles. The van der Waals surface area contributed by atoms with Crippen molar-refractivity contribution < 1.29 is 13.2 Å². The van der Waals surface area contributed by atoms with Crippen LogP contribution in [0.2, 0.25) is 0 Å². The number of nitrogens with one attached hydrogen (secondary N) is 1. The number of carbonyl (C=O) groups is 1. The van der Waals surface area contributed by atoms with Crippen LogP contribution in [-0.2, 0) is 10.0 Å². The Kier molecular flexibility index (Phi) is 5.98. The molecule has 0 radical (unpaired) electrons. The fourth-order valence-corrected chi connectivity index (χ4v) is 3.31. The highest BCUT2D eigenvalue weighted by atomic mass is 32.2. The molecule has 0 fully saturated rings. The lowest BCUT2D eigenvalue weighted by Crippen LogP contribution is -2.30. The summed E-state index contributed by atoms with van der Waals surface area (Å²) in [5.74, 6) is -0.211. The van der Waals surface area contributed by atoms with Gasteiger partial charge >= 0.3 is 0 Å². The number of anilines is 1. The molecule has 6 heteroatoms. The van der Waals surface area contributed by atoms with E-state index in [4.69, 9.17) is 0 Å². The first kappa shape index (κ1) is 18.7. The Labute approximate surface area is 149 Å². The number of benzene rings is 2. The number of hydrogen-bond acceptors (Lipinski definition) is 3. The van der Waals surface area contributed by atoms with Crippen molar-refractivity contribution in [1.82, 2.24) is 5.32 Å². The second-order valence-electron chi connectivity index (χ2n) is 5.74. The van der Waals surface area contributed by atoms with E-state index < -0.39 is 10.0 Å². The number of carbonyl (C=O) groups excluding carboxylic acids is 1. The normalized spacial score (nSPS) is 12.2. The molecule has 2 aromatic rings. The zero-order valence-corrected chi connectivity index (χ0v) is 15.2. The Morgan fingerprint density at radius 3 is 2.28 bits per heavy atom. The molecular weight excluding hydrogens is 336 g/mol. The van der Waals surface area contributed by atoms with Gasteiger partial charge in [-0.25, -0.2) is 8.42 Å². The highest BCUT2D eigenvalue weighted by Gasteiger charge is 2.17. The maximum Gasteiger partial charge on any atom is 0.251 e. The summed E-state index contributed by atoms with van der Waals surface area (Å²) in [6, 6.07) is 16.0. The highest BCUT2D eigenvalue weighted by molar-refractivity contribution is 7.92. The molecule has 2 aromatic carbocycles. The lowest BCUT2D eigenvalue weighted by atomic mass is 10.1. The van der Waals surface area contributed by atoms with E-state index in [0.29, 0.717) is 11.3 Å². The van der Waals surface area contributed by atoms with Crippen molar-refractivity contribution >= 4 is 21.6 Å². The van der Waals surface area contributed by atoms with E-state index >= 15 is 0 Å². The minimum atomic E-state index is -3.41. The minimum absolute atomic E-state index is 0.123. The van der Waals surface area contributed by atoms with Crippen molar-refractivity contribution in [3.63, 3.8) is 0 Å². The van der Waals surface area contributed by atoms with Crippen molar-refractivity contribution in [3.05, 3.63) is 78.4 Å². The van der Waals surface area contributed by atoms with Crippen LogP contribution in [-0.4, -0.2) is 27.1 Å². The second kappa shape index (κ2) is 7.98. The molecule has 0 saturated carbocycles. The molecule has 25 heavy (non-hydrogen) atoms. The van der Waals surface area contributed by atoms with E-state index in [-0.39, 0.29) is 18.5 Å². The van der Waals surface area contributed by atoms with Crippen LogP contribution in [0.25, 0.3) is 0 Å². The molecule has 1 amide bonds. The van der Waals surface area contributed by atoms with Gasteiger partial charge in [0.2, 0.25) is 10.0 Å². The molecule has 2 rings (SSSR count). The predicted octanol–water partition coefficient (Wildman–Crippen LogP) is 3.13. The van der Waals surface area contributed by atoms with Crippen molar-refractivity contribution in [2.24, 2.45) is 0 Å². The molecule has 5 nitrogen and oxygen atoms in total. The van der Waals surface area contributed by atoms with E-state index in [1.807, 2.05) is 37.3 Å². The number of hydrogen-bond donors (Lipinski definition) is 1. The lowest BCUT2D eigenvalue weighted by Gasteiger charge is -2.21. The molecule has 0 unspecified atom stereocenters. The molecule has 0 aliphatic heterocycles. The topological polar surface area (TPSA) is 66.5 Å². The molecule has 0 bridgehead atoms. The zero-order chi connectivity index (χ0) is 18.4. The first-order chi connectivity index (χ1) is 11.8. The maximum atomic E-state index is 12.4. The number of nitrogens with zero attached hydrogens (tertiary/aromatic N) is 1. The maximum absolute atomic E-state index is 12.4. The van der Waals surface area contributed by atoms with Crippen LogP contribution < -0.4 is 9.62 Å². The summed E-state index contributed by atoms with van der Waals surface area (Å²) in [7, 11) is -3.41. The molecule has 0 aliphatic carbocycles. The van der Waals surface area contributed by atoms with Crippen LogP contribution in [0.4, 0.5) is 5.69 Å². The van der Waals surface area contributed by atoms with Crippen molar-refractivity contribution in [3.8, 4) is 0 Å². The Morgan fingerprint density at radius 2 is 1.76 bits per heavy atom. The summed E-state index contributed by atoms with van der Waals surface area (Å²) in [6.07, 6.45) is 2.65. The first-order valence-electron chi connectivity index (χ1n) is 7.87. The lowest BCUT2D eigenvalue weighted by molar-refractivity contribution is 0.0940. The van der Waals surface area contributed by atoms with Gasteiger partial charge in [0.15, 0.2) is 0 Å². The van der Waals surface area contributed by atoms with Gasteiger partial charge in [-0.15, -0.1) is 6.58 Å². The van der Waals surface area contributed by atoms with E-state index in [9.17, 15) is 13.2 Å².